The summed E-state index contributed by atoms with van der Waals surface area (Å²) < 4.78 is 3.43. The van der Waals surface area contributed by atoms with Crippen LogP contribution >= 0.6 is 87.2 Å². The van der Waals surface area contributed by atoms with Crippen LogP contribution in [0.3, 0.4) is 0 Å². The fourth-order valence-corrected chi connectivity index (χ4v) is 19.6. The van der Waals surface area contributed by atoms with Gasteiger partial charge < -0.3 is 0 Å². The normalized spacial score (nSPS) is 13.6. The fraction of sp³-hybridized carbons (Fsp3) is 0.173. The Morgan fingerprint density at radius 3 is 0.607 bits per heavy atom. The molecule has 0 unspecified atom stereocenters. The molecule has 0 saturated carbocycles. The molecular formula is C104H90Br4N2S2. The molecule has 0 aliphatic carbocycles. The van der Waals surface area contributed by atoms with E-state index in [9.17, 15) is 0 Å². The van der Waals surface area contributed by atoms with Crippen molar-refractivity contribution in [3.63, 3.8) is 0 Å². The third-order valence-electron chi connectivity index (χ3n) is 21.4. The van der Waals surface area contributed by atoms with E-state index in [0.29, 0.717) is 0 Å². The van der Waals surface area contributed by atoms with Crippen molar-refractivity contribution >= 4 is 109 Å². The number of hydrogen-bond acceptors (Lipinski definition) is 4. The molecule has 0 spiro atoms. The first-order chi connectivity index (χ1) is 53.6. The molecule has 8 heteroatoms. The van der Waals surface area contributed by atoms with E-state index in [4.69, 9.17) is 9.98 Å². The van der Waals surface area contributed by atoms with E-state index in [0.717, 1.165) is 140 Å². The van der Waals surface area contributed by atoms with Gasteiger partial charge in [-0.05, 0) is 290 Å². The molecule has 0 atom stereocenters. The third-order valence-corrected chi connectivity index (χ3v) is 26.1. The average molecular weight is 1750 g/mol. The molecule has 556 valence electrons. The summed E-state index contributed by atoms with van der Waals surface area (Å²) in [5.74, 6) is 1.78. The quantitative estimate of drug-likeness (QED) is 0.108. The predicted octanol–water partition coefficient (Wildman–Crippen LogP) is 33.2. The first kappa shape index (κ1) is 78.3. The van der Waals surface area contributed by atoms with Crippen LogP contribution in [0.15, 0.2) is 331 Å². The molecule has 15 rings (SSSR count). The summed E-state index contributed by atoms with van der Waals surface area (Å²) in [6, 6.07) is 113. The lowest BCUT2D eigenvalue weighted by molar-refractivity contribution is 0.590. The van der Waals surface area contributed by atoms with E-state index in [1.54, 1.807) is 23.5 Å². The van der Waals surface area contributed by atoms with Crippen molar-refractivity contribution in [2.45, 2.75) is 105 Å². The van der Waals surface area contributed by atoms with Gasteiger partial charge in [0.15, 0.2) is 0 Å². The zero-order valence-corrected chi connectivity index (χ0v) is 73.5. The van der Waals surface area contributed by atoms with E-state index in [1.165, 1.54) is 66.8 Å². The van der Waals surface area contributed by atoms with Gasteiger partial charge in [0.05, 0.1) is 11.4 Å². The van der Waals surface area contributed by atoms with Gasteiger partial charge >= 0.3 is 0 Å². The maximum atomic E-state index is 5.59. The van der Waals surface area contributed by atoms with Gasteiger partial charge in [-0.1, -0.05) is 338 Å². The molecule has 1 aliphatic heterocycles. The molecule has 0 radical (unpaired) electrons. The van der Waals surface area contributed by atoms with Crippen LogP contribution in [-0.4, -0.2) is 21.6 Å². The second-order valence-corrected chi connectivity index (χ2v) is 38.9. The van der Waals surface area contributed by atoms with Crippen LogP contribution < -0.4 is 0 Å². The van der Waals surface area contributed by atoms with Gasteiger partial charge in [-0.3, -0.25) is 0 Å². The molecule has 14 aromatic rings. The Balaban J connectivity index is 0.832. The van der Waals surface area contributed by atoms with Gasteiger partial charge in [-0.15, -0.1) is 23.5 Å². The minimum atomic E-state index is 0.0628. The number of thioether (sulfide) groups is 2. The van der Waals surface area contributed by atoms with Crippen molar-refractivity contribution in [3.8, 4) is 134 Å². The molecule has 1 heterocycles. The molecule has 0 amide bonds. The van der Waals surface area contributed by atoms with Crippen LogP contribution in [0.25, 0.3) is 134 Å². The van der Waals surface area contributed by atoms with Crippen molar-refractivity contribution in [2.24, 2.45) is 9.98 Å². The summed E-state index contributed by atoms with van der Waals surface area (Å²) in [7, 11) is 0. The number of hydrogen-bond donors (Lipinski definition) is 0. The largest absolute Gasteiger partial charge is 0.237 e. The maximum Gasteiger partial charge on any atom is 0.129 e. The molecular weight excluding hydrogens is 1660 g/mol. The first-order valence-electron chi connectivity index (χ1n) is 38.4. The summed E-state index contributed by atoms with van der Waals surface area (Å²) in [5, 5.41) is 1.71. The van der Waals surface area contributed by atoms with E-state index in [1.807, 2.05) is 0 Å². The lowest BCUT2D eigenvalue weighted by Crippen LogP contribution is -2.14. The molecule has 0 aromatic heterocycles. The Labute approximate surface area is 705 Å². The highest BCUT2D eigenvalue weighted by molar-refractivity contribution is 9.11. The van der Waals surface area contributed by atoms with Gasteiger partial charge in [-0.2, -0.15) is 0 Å². The Kier molecular flexibility index (Phi) is 22.7. The Hall–Kier alpha value is -8.96. The smallest absolute Gasteiger partial charge is 0.129 e. The van der Waals surface area contributed by atoms with Crippen LogP contribution in [0.5, 0.6) is 0 Å². The number of benzene rings is 14. The van der Waals surface area contributed by atoms with E-state index in [-0.39, 0.29) is 21.7 Å². The SMILES string of the molecule is CC(C)(C)c1ccc(-c2ccc(-c3cc(-c4ccccc4)cc(-c4ccc(-c5ccc(C(C)(C)C)cc5)cc4)c3-c3cc(Br)c(N=C4SCCSC4=Nc4c(Br)cc(-c5c(-c6ccc(-c7ccc(C(C)(C)C)cc7)cc6)cc(-c6ccccc6)cc5-c5ccc(-c6ccc(C(C)(C)C)cc6)cc5)cc4Br)c(Br)c3)cc2)cc1. The van der Waals surface area contributed by atoms with Crippen molar-refractivity contribution in [3.05, 3.63) is 343 Å². The number of aliphatic imine (C=N–C) groups is 2. The summed E-state index contributed by atoms with van der Waals surface area (Å²) in [6.45, 7) is 27.2. The highest BCUT2D eigenvalue weighted by Crippen LogP contribution is 2.51. The number of halogens is 4. The molecule has 0 N–H and O–H groups in total. The Morgan fingerprint density at radius 1 is 0.214 bits per heavy atom. The first-order valence-corrected chi connectivity index (χ1v) is 43.5. The zero-order chi connectivity index (χ0) is 78.4. The highest BCUT2D eigenvalue weighted by Gasteiger charge is 2.27. The van der Waals surface area contributed by atoms with Crippen LogP contribution in [0.2, 0.25) is 0 Å². The molecule has 2 nitrogen and oxygen atoms in total. The summed E-state index contributed by atoms with van der Waals surface area (Å²) in [5.41, 5.74) is 34.4. The lowest BCUT2D eigenvalue weighted by Gasteiger charge is -2.21. The minimum Gasteiger partial charge on any atom is -0.237 e. The van der Waals surface area contributed by atoms with Crippen molar-refractivity contribution in [1.29, 1.82) is 0 Å². The molecule has 1 fully saturated rings. The second kappa shape index (κ2) is 32.5. The summed E-state index contributed by atoms with van der Waals surface area (Å²) >= 11 is 20.2. The van der Waals surface area contributed by atoms with Crippen LogP contribution in [-0.2, 0) is 21.7 Å². The Bertz CT molecular complexity index is 5190. The third kappa shape index (κ3) is 17.3. The minimum absolute atomic E-state index is 0.0628. The van der Waals surface area contributed by atoms with Crippen molar-refractivity contribution in [2.75, 3.05) is 11.5 Å². The van der Waals surface area contributed by atoms with Gasteiger partial charge in [0.25, 0.3) is 0 Å². The van der Waals surface area contributed by atoms with E-state index < -0.39 is 0 Å². The van der Waals surface area contributed by atoms with Crippen LogP contribution in [0, 0.1) is 0 Å². The maximum absolute atomic E-state index is 5.59. The molecule has 1 aliphatic rings. The van der Waals surface area contributed by atoms with Crippen molar-refractivity contribution < 1.29 is 0 Å². The fourth-order valence-electron chi connectivity index (χ4n) is 14.8. The van der Waals surface area contributed by atoms with Gasteiger partial charge in [0.1, 0.15) is 10.1 Å². The highest BCUT2D eigenvalue weighted by atomic mass is 79.9. The monoisotopic (exact) mass is 1750 g/mol. The van der Waals surface area contributed by atoms with Gasteiger partial charge in [0.2, 0.25) is 0 Å². The average Bonchev–Trinajstić information content (AvgIpc) is 0.770. The standard InChI is InChI=1S/C104H90Br4N2S2/c1-101(2,3)83-47-39-71(40-48-83)67-23-31-75(32-24-67)87-57-79(65-19-15-13-16-20-65)58-88(76-33-25-68(26-34-76)72-41-49-84(50-42-72)102(4,5)6)95(87)81-61-91(105)97(92(106)62-81)109-99-100(112-56-55-111-99)110-98-93(107)63-82(64-94(98)108)96-89(77-35-27-69(28-36-77)73-43-51-85(52-44-73)103(7,8)9)59-80(66-21-17-14-18-22-66)60-90(96)78-37-29-70(30-38-78)74-45-53-86(54-46-74)104(10,11)12/h13-54,57-64H,55-56H2,1-12H3. The topological polar surface area (TPSA) is 24.7 Å². The molecule has 1 saturated heterocycles. The summed E-state index contributed by atoms with van der Waals surface area (Å²) in [4.78, 5) is 11.2. The molecule has 112 heavy (non-hydrogen) atoms. The zero-order valence-electron chi connectivity index (χ0n) is 65.5. The van der Waals surface area contributed by atoms with Gasteiger partial charge in [-0.25, -0.2) is 9.98 Å². The Morgan fingerprint density at radius 2 is 0.402 bits per heavy atom. The molecule has 0 bridgehead atoms. The van der Waals surface area contributed by atoms with Crippen LogP contribution in [0.1, 0.15) is 105 Å². The molecule has 14 aromatic carbocycles. The van der Waals surface area contributed by atoms with Gasteiger partial charge in [0, 0.05) is 29.4 Å². The van der Waals surface area contributed by atoms with E-state index in [2.05, 4.69) is 450 Å². The summed E-state index contributed by atoms with van der Waals surface area (Å²) in [6.07, 6.45) is 0. The van der Waals surface area contributed by atoms with Crippen molar-refractivity contribution in [1.82, 2.24) is 0 Å². The second-order valence-electron chi connectivity index (χ2n) is 33.4. The number of nitrogens with zero attached hydrogens (tertiary/aromatic N) is 2. The lowest BCUT2D eigenvalue weighted by atomic mass is 9.83. The van der Waals surface area contributed by atoms with Crippen LogP contribution in [0.4, 0.5) is 11.4 Å². The predicted molar refractivity (Wildman–Crippen MR) is 503 cm³/mol. The number of rotatable bonds is 14. The van der Waals surface area contributed by atoms with E-state index >= 15 is 0 Å².